The van der Waals surface area contributed by atoms with Crippen LogP contribution in [0, 0.1) is 17.6 Å². The van der Waals surface area contributed by atoms with Gasteiger partial charge in [0.2, 0.25) is 0 Å². The molecule has 1 aromatic rings. The summed E-state index contributed by atoms with van der Waals surface area (Å²) in [5, 5.41) is 3.33. The van der Waals surface area contributed by atoms with Gasteiger partial charge in [0.25, 0.3) is 0 Å². The monoisotopic (exact) mass is 347 g/mol. The van der Waals surface area contributed by atoms with Gasteiger partial charge in [-0.25, -0.2) is 8.78 Å². The highest BCUT2D eigenvalue weighted by molar-refractivity contribution is 9.10. The number of nitrogens with one attached hydrogen (secondary N) is 1. The average molecular weight is 348 g/mol. The summed E-state index contributed by atoms with van der Waals surface area (Å²) >= 11 is 3.01. The second kappa shape index (κ2) is 6.96. The molecule has 0 amide bonds. The molecule has 1 saturated heterocycles. The molecular formula is C15H20BrF2NO. The number of benzene rings is 1. The van der Waals surface area contributed by atoms with Crippen LogP contribution in [0.2, 0.25) is 0 Å². The minimum absolute atomic E-state index is 0.157. The van der Waals surface area contributed by atoms with Gasteiger partial charge in [-0.1, -0.05) is 6.92 Å². The summed E-state index contributed by atoms with van der Waals surface area (Å²) in [6.45, 7) is 5.41. The number of rotatable bonds is 5. The lowest BCUT2D eigenvalue weighted by atomic mass is 9.90. The minimum Gasteiger partial charge on any atom is -0.378 e. The molecule has 1 N–H and O–H groups in total. The molecule has 3 atom stereocenters. The topological polar surface area (TPSA) is 21.3 Å². The maximum atomic E-state index is 14.2. The molecule has 112 valence electrons. The molecule has 1 heterocycles. The summed E-state index contributed by atoms with van der Waals surface area (Å²) in [6, 6.07) is 2.28. The van der Waals surface area contributed by atoms with Crippen molar-refractivity contribution in [2.45, 2.75) is 38.8 Å². The smallest absolute Gasteiger partial charge is 0.137 e. The highest BCUT2D eigenvalue weighted by Gasteiger charge is 2.32. The molecule has 20 heavy (non-hydrogen) atoms. The number of hydrogen-bond acceptors (Lipinski definition) is 2. The highest BCUT2D eigenvalue weighted by atomic mass is 79.9. The van der Waals surface area contributed by atoms with E-state index in [2.05, 4.69) is 28.2 Å². The van der Waals surface area contributed by atoms with Crippen LogP contribution in [-0.2, 0) is 4.74 Å². The first-order chi connectivity index (χ1) is 9.52. The maximum Gasteiger partial charge on any atom is 0.137 e. The second-order valence-electron chi connectivity index (χ2n) is 5.36. The van der Waals surface area contributed by atoms with Crippen molar-refractivity contribution in [3.63, 3.8) is 0 Å². The van der Waals surface area contributed by atoms with Crippen LogP contribution in [0.1, 0.15) is 38.3 Å². The zero-order chi connectivity index (χ0) is 14.7. The number of hydrogen-bond donors (Lipinski definition) is 1. The molecule has 1 aliphatic rings. The first kappa shape index (κ1) is 15.9. The van der Waals surface area contributed by atoms with E-state index in [1.807, 2.05) is 6.92 Å². The molecule has 0 radical (unpaired) electrons. The third-order valence-corrected chi connectivity index (χ3v) is 4.30. The van der Waals surface area contributed by atoms with E-state index in [0.717, 1.165) is 19.4 Å². The van der Waals surface area contributed by atoms with Crippen LogP contribution in [0.3, 0.4) is 0 Å². The lowest BCUT2D eigenvalue weighted by Crippen LogP contribution is -2.30. The standard InChI is InChI=1S/C15H20BrF2NO/c1-3-4-19-15(10-5-9(2)20-8-10)11-6-14(18)12(16)7-13(11)17/h6-7,9-10,15,19H,3-5,8H2,1-2H3. The van der Waals surface area contributed by atoms with Crippen molar-refractivity contribution in [1.82, 2.24) is 5.32 Å². The molecule has 5 heteroatoms. The molecule has 1 fully saturated rings. The first-order valence-corrected chi connectivity index (χ1v) is 7.81. The van der Waals surface area contributed by atoms with E-state index in [1.54, 1.807) is 0 Å². The third kappa shape index (κ3) is 3.57. The van der Waals surface area contributed by atoms with Crippen LogP contribution in [0.25, 0.3) is 0 Å². The fraction of sp³-hybridized carbons (Fsp3) is 0.600. The van der Waals surface area contributed by atoms with E-state index in [1.165, 1.54) is 12.1 Å². The molecular weight excluding hydrogens is 328 g/mol. The highest BCUT2D eigenvalue weighted by Crippen LogP contribution is 2.34. The molecule has 0 spiro atoms. The lowest BCUT2D eigenvalue weighted by molar-refractivity contribution is 0.116. The molecule has 2 nitrogen and oxygen atoms in total. The van der Waals surface area contributed by atoms with Gasteiger partial charge in [-0.2, -0.15) is 0 Å². The van der Waals surface area contributed by atoms with E-state index in [4.69, 9.17) is 4.74 Å². The normalized spacial score (nSPS) is 24.1. The zero-order valence-corrected chi connectivity index (χ0v) is 13.3. The molecule has 0 aliphatic carbocycles. The third-order valence-electron chi connectivity index (χ3n) is 3.69. The maximum absolute atomic E-state index is 14.2. The minimum atomic E-state index is -0.434. The Morgan fingerprint density at radius 3 is 2.75 bits per heavy atom. The van der Waals surface area contributed by atoms with Crippen LogP contribution in [0.5, 0.6) is 0 Å². The summed E-state index contributed by atoms with van der Waals surface area (Å²) in [4.78, 5) is 0. The largest absolute Gasteiger partial charge is 0.378 e. The lowest BCUT2D eigenvalue weighted by Gasteiger charge is -2.25. The van der Waals surface area contributed by atoms with Crippen LogP contribution in [0.4, 0.5) is 8.78 Å². The Balaban J connectivity index is 2.28. The van der Waals surface area contributed by atoms with E-state index in [9.17, 15) is 8.78 Å². The van der Waals surface area contributed by atoms with Gasteiger partial charge in [-0.3, -0.25) is 0 Å². The number of ether oxygens (including phenoxy) is 1. The van der Waals surface area contributed by atoms with E-state index in [-0.39, 0.29) is 28.4 Å². The second-order valence-corrected chi connectivity index (χ2v) is 6.21. The molecule has 2 rings (SSSR count). The van der Waals surface area contributed by atoms with Gasteiger partial charge in [0.05, 0.1) is 17.2 Å². The number of halogens is 3. The van der Waals surface area contributed by atoms with Gasteiger partial charge in [-0.05, 0) is 54.4 Å². The van der Waals surface area contributed by atoms with Crippen molar-refractivity contribution in [2.24, 2.45) is 5.92 Å². The predicted octanol–water partition coefficient (Wildman–Crippen LogP) is 4.19. The quantitative estimate of drug-likeness (QED) is 0.806. The van der Waals surface area contributed by atoms with Gasteiger partial charge < -0.3 is 10.1 Å². The summed E-state index contributed by atoms with van der Waals surface area (Å²) in [6.07, 6.45) is 1.98. The van der Waals surface area contributed by atoms with Gasteiger partial charge in [-0.15, -0.1) is 0 Å². The Labute approximate surface area is 127 Å². The SMILES string of the molecule is CCCNC(c1cc(F)c(Br)cc1F)C1COC(C)C1. The summed E-state index contributed by atoms with van der Waals surface area (Å²) in [7, 11) is 0. The van der Waals surface area contributed by atoms with Crippen molar-refractivity contribution >= 4 is 15.9 Å². The van der Waals surface area contributed by atoms with Crippen molar-refractivity contribution in [2.75, 3.05) is 13.2 Å². The average Bonchev–Trinajstić information content (AvgIpc) is 2.82. The van der Waals surface area contributed by atoms with Gasteiger partial charge in [0.1, 0.15) is 11.6 Å². The zero-order valence-electron chi connectivity index (χ0n) is 11.8. The molecule has 0 saturated carbocycles. The van der Waals surface area contributed by atoms with E-state index in [0.29, 0.717) is 12.2 Å². The Kier molecular flexibility index (Phi) is 5.52. The van der Waals surface area contributed by atoms with Crippen molar-refractivity contribution < 1.29 is 13.5 Å². The van der Waals surface area contributed by atoms with Crippen LogP contribution in [-0.4, -0.2) is 19.3 Å². The van der Waals surface area contributed by atoms with Crippen molar-refractivity contribution in [1.29, 1.82) is 0 Å². The summed E-state index contributed by atoms with van der Waals surface area (Å²) in [5.41, 5.74) is 0.391. The molecule has 3 unspecified atom stereocenters. The van der Waals surface area contributed by atoms with Gasteiger partial charge in [0, 0.05) is 17.5 Å². The molecule has 1 aromatic carbocycles. The Morgan fingerprint density at radius 1 is 1.40 bits per heavy atom. The van der Waals surface area contributed by atoms with Crippen LogP contribution < -0.4 is 5.32 Å². The fourth-order valence-electron chi connectivity index (χ4n) is 2.69. The van der Waals surface area contributed by atoms with Gasteiger partial charge in [0.15, 0.2) is 0 Å². The van der Waals surface area contributed by atoms with Crippen LogP contribution >= 0.6 is 15.9 Å². The Hall–Kier alpha value is -0.520. The van der Waals surface area contributed by atoms with Gasteiger partial charge >= 0.3 is 0 Å². The Morgan fingerprint density at radius 2 is 2.15 bits per heavy atom. The van der Waals surface area contributed by atoms with E-state index < -0.39 is 5.82 Å². The summed E-state index contributed by atoms with van der Waals surface area (Å²) < 4.78 is 33.6. The van der Waals surface area contributed by atoms with Crippen LogP contribution in [0.15, 0.2) is 16.6 Å². The molecule has 1 aliphatic heterocycles. The molecule has 0 bridgehead atoms. The van der Waals surface area contributed by atoms with E-state index >= 15 is 0 Å². The Bertz CT molecular complexity index is 469. The predicted molar refractivity (Wildman–Crippen MR) is 78.6 cm³/mol. The van der Waals surface area contributed by atoms with Crippen molar-refractivity contribution in [3.05, 3.63) is 33.8 Å². The fourth-order valence-corrected chi connectivity index (χ4v) is 3.00. The first-order valence-electron chi connectivity index (χ1n) is 7.02. The molecule has 0 aromatic heterocycles. The van der Waals surface area contributed by atoms with Crippen molar-refractivity contribution in [3.8, 4) is 0 Å². The summed E-state index contributed by atoms with van der Waals surface area (Å²) in [5.74, 6) is -0.644.